The van der Waals surface area contributed by atoms with Crippen LogP contribution in [-0.2, 0) is 4.74 Å². The largest absolute Gasteiger partial charge is 0.465 e. The first-order valence-corrected chi connectivity index (χ1v) is 10.4. The van der Waals surface area contributed by atoms with Gasteiger partial charge in [-0.3, -0.25) is 9.36 Å². The molecule has 0 unspecified atom stereocenters. The smallest absolute Gasteiger partial charge is 0.419 e. The molecule has 0 radical (unpaired) electrons. The van der Waals surface area contributed by atoms with Crippen LogP contribution in [0.5, 0.6) is 0 Å². The van der Waals surface area contributed by atoms with Crippen molar-refractivity contribution in [3.8, 4) is 11.3 Å². The molecule has 8 nitrogen and oxygen atoms in total. The summed E-state index contributed by atoms with van der Waals surface area (Å²) < 4.78 is 6.80. The average Bonchev–Trinajstić information content (AvgIpc) is 3.25. The van der Waals surface area contributed by atoms with Gasteiger partial charge in [0.15, 0.2) is 0 Å². The lowest BCUT2D eigenvalue weighted by atomic mass is 9.86. The normalized spacial score (nSPS) is 20.5. The molecule has 0 spiro atoms. The maximum Gasteiger partial charge on any atom is 0.419 e. The SMILES string of the molecule is CC(C)(C)OC(=O)n1ccc(Cl)c1-c1ccc2c(c1)C(=O)NC[C@H]1CN(C(=O)O)C[C@H]21. The summed E-state index contributed by atoms with van der Waals surface area (Å²) in [6.07, 6.45) is 0.0103. The first kappa shape index (κ1) is 21.2. The Bertz CT molecular complexity index is 1070. The predicted octanol–water partition coefficient (Wildman–Crippen LogP) is 4.03. The first-order valence-electron chi connectivity index (χ1n) is 10.1. The molecule has 2 aliphatic heterocycles. The van der Waals surface area contributed by atoms with Crippen LogP contribution in [0, 0.1) is 5.92 Å². The summed E-state index contributed by atoms with van der Waals surface area (Å²) in [6.45, 7) is 6.47. The van der Waals surface area contributed by atoms with Crippen LogP contribution >= 0.6 is 11.6 Å². The van der Waals surface area contributed by atoms with Crippen molar-refractivity contribution < 1.29 is 24.2 Å². The number of fused-ring (bicyclic) bond motifs is 3. The number of likely N-dealkylation sites (tertiary alicyclic amines) is 1. The van der Waals surface area contributed by atoms with Crippen LogP contribution in [0.15, 0.2) is 30.5 Å². The van der Waals surface area contributed by atoms with Crippen LogP contribution in [0.2, 0.25) is 5.02 Å². The second-order valence-electron chi connectivity index (χ2n) is 8.93. The van der Waals surface area contributed by atoms with E-state index in [-0.39, 0.29) is 17.7 Å². The summed E-state index contributed by atoms with van der Waals surface area (Å²) in [5.41, 5.74) is 1.63. The Hall–Kier alpha value is -3.00. The highest BCUT2D eigenvalue weighted by Crippen LogP contribution is 2.39. The van der Waals surface area contributed by atoms with E-state index in [1.54, 1.807) is 39.0 Å². The van der Waals surface area contributed by atoms with Crippen molar-refractivity contribution in [3.63, 3.8) is 0 Å². The van der Waals surface area contributed by atoms with Gasteiger partial charge in [0.2, 0.25) is 0 Å². The summed E-state index contributed by atoms with van der Waals surface area (Å²) >= 11 is 6.39. The van der Waals surface area contributed by atoms with E-state index in [1.807, 2.05) is 6.07 Å². The molecular weight excluding hydrogens is 422 g/mol. The highest BCUT2D eigenvalue weighted by molar-refractivity contribution is 6.33. The van der Waals surface area contributed by atoms with Gasteiger partial charge in [-0.25, -0.2) is 9.59 Å². The van der Waals surface area contributed by atoms with Crippen molar-refractivity contribution in [3.05, 3.63) is 46.6 Å². The lowest BCUT2D eigenvalue weighted by Gasteiger charge is -2.21. The molecule has 2 aromatic rings. The zero-order valence-electron chi connectivity index (χ0n) is 17.5. The average molecular weight is 446 g/mol. The highest BCUT2D eigenvalue weighted by Gasteiger charge is 2.40. The zero-order chi connectivity index (χ0) is 22.5. The molecule has 2 amide bonds. The van der Waals surface area contributed by atoms with Crippen LogP contribution in [-0.4, -0.2) is 57.9 Å². The molecule has 1 saturated heterocycles. The van der Waals surface area contributed by atoms with E-state index in [4.69, 9.17) is 16.3 Å². The van der Waals surface area contributed by atoms with Gasteiger partial charge in [-0.15, -0.1) is 0 Å². The van der Waals surface area contributed by atoms with Crippen LogP contribution in [0.3, 0.4) is 0 Å². The molecule has 1 fully saturated rings. The van der Waals surface area contributed by atoms with Crippen molar-refractivity contribution in [2.24, 2.45) is 5.92 Å². The molecular formula is C22H24ClN3O5. The number of ether oxygens (including phenoxy) is 1. The molecule has 0 aliphatic carbocycles. The Kier molecular flexibility index (Phi) is 5.21. The topological polar surface area (TPSA) is 101 Å². The van der Waals surface area contributed by atoms with E-state index >= 15 is 0 Å². The number of hydrogen-bond acceptors (Lipinski definition) is 4. The summed E-state index contributed by atoms with van der Waals surface area (Å²) in [5.74, 6) is -0.284. The lowest BCUT2D eigenvalue weighted by molar-refractivity contribution is 0.0540. The maximum absolute atomic E-state index is 12.8. The second kappa shape index (κ2) is 7.60. The number of carbonyl (C=O) groups is 3. The molecule has 3 heterocycles. The molecule has 31 heavy (non-hydrogen) atoms. The third kappa shape index (κ3) is 3.99. The van der Waals surface area contributed by atoms with Crippen molar-refractivity contribution in [1.82, 2.24) is 14.8 Å². The number of nitrogens with zero attached hydrogens (tertiary/aromatic N) is 2. The highest BCUT2D eigenvalue weighted by atomic mass is 35.5. The summed E-state index contributed by atoms with van der Waals surface area (Å²) in [6, 6.07) is 6.95. The van der Waals surface area contributed by atoms with Crippen LogP contribution in [0.4, 0.5) is 9.59 Å². The molecule has 9 heteroatoms. The number of rotatable bonds is 1. The van der Waals surface area contributed by atoms with Gasteiger partial charge in [-0.2, -0.15) is 0 Å². The number of hydrogen-bond donors (Lipinski definition) is 2. The molecule has 4 rings (SSSR count). The van der Waals surface area contributed by atoms with Gasteiger partial charge in [0.25, 0.3) is 5.91 Å². The van der Waals surface area contributed by atoms with Crippen LogP contribution < -0.4 is 5.32 Å². The summed E-state index contributed by atoms with van der Waals surface area (Å²) in [5, 5.41) is 12.6. The minimum atomic E-state index is -0.959. The molecule has 0 saturated carbocycles. The van der Waals surface area contributed by atoms with Gasteiger partial charge in [-0.05, 0) is 38.5 Å². The fourth-order valence-corrected chi connectivity index (χ4v) is 4.53. The lowest BCUT2D eigenvalue weighted by Crippen LogP contribution is -2.31. The summed E-state index contributed by atoms with van der Waals surface area (Å²) in [7, 11) is 0. The van der Waals surface area contributed by atoms with E-state index in [0.717, 1.165) is 5.56 Å². The molecule has 1 aromatic carbocycles. The number of amides is 2. The van der Waals surface area contributed by atoms with Crippen molar-refractivity contribution >= 4 is 29.7 Å². The van der Waals surface area contributed by atoms with Gasteiger partial charge in [0.1, 0.15) is 5.60 Å². The van der Waals surface area contributed by atoms with E-state index in [0.29, 0.717) is 41.5 Å². The van der Waals surface area contributed by atoms with Crippen molar-refractivity contribution in [1.29, 1.82) is 0 Å². The van der Waals surface area contributed by atoms with Crippen LogP contribution in [0.1, 0.15) is 42.6 Å². The quantitative estimate of drug-likeness (QED) is 0.690. The predicted molar refractivity (Wildman–Crippen MR) is 115 cm³/mol. The van der Waals surface area contributed by atoms with Crippen LogP contribution in [0.25, 0.3) is 11.3 Å². The third-order valence-electron chi connectivity index (χ3n) is 5.63. The molecule has 0 bridgehead atoms. The zero-order valence-corrected chi connectivity index (χ0v) is 18.3. The second-order valence-corrected chi connectivity index (χ2v) is 9.34. The van der Waals surface area contributed by atoms with E-state index in [2.05, 4.69) is 5.32 Å². The first-order chi connectivity index (χ1) is 14.5. The number of halogens is 1. The molecule has 2 N–H and O–H groups in total. The number of carboxylic acid groups (broad SMARTS) is 1. The monoisotopic (exact) mass is 445 g/mol. The van der Waals surface area contributed by atoms with Crippen molar-refractivity contribution in [2.75, 3.05) is 19.6 Å². The minimum absolute atomic E-state index is 0.0152. The number of nitrogens with one attached hydrogen (secondary N) is 1. The summed E-state index contributed by atoms with van der Waals surface area (Å²) in [4.78, 5) is 38.3. The molecule has 2 aliphatic rings. The molecule has 164 valence electrons. The number of benzene rings is 1. The Morgan fingerprint density at radius 1 is 1.23 bits per heavy atom. The fourth-order valence-electron chi connectivity index (χ4n) is 4.28. The Balaban J connectivity index is 1.74. The van der Waals surface area contributed by atoms with Gasteiger partial charge in [0.05, 0.1) is 10.7 Å². The van der Waals surface area contributed by atoms with Gasteiger partial charge in [-0.1, -0.05) is 23.7 Å². The van der Waals surface area contributed by atoms with Gasteiger partial charge < -0.3 is 20.1 Å². The minimum Gasteiger partial charge on any atom is -0.465 e. The number of carbonyl (C=O) groups excluding carboxylic acids is 2. The fraction of sp³-hybridized carbons (Fsp3) is 0.409. The molecule has 2 atom stereocenters. The Morgan fingerprint density at radius 2 is 1.97 bits per heavy atom. The number of aromatic nitrogens is 1. The third-order valence-corrected chi connectivity index (χ3v) is 5.94. The Morgan fingerprint density at radius 3 is 2.65 bits per heavy atom. The van der Waals surface area contributed by atoms with Crippen molar-refractivity contribution in [2.45, 2.75) is 32.3 Å². The van der Waals surface area contributed by atoms with Gasteiger partial charge in [0, 0.05) is 48.8 Å². The van der Waals surface area contributed by atoms with E-state index < -0.39 is 17.8 Å². The van der Waals surface area contributed by atoms with Gasteiger partial charge >= 0.3 is 12.2 Å². The van der Waals surface area contributed by atoms with E-state index in [1.165, 1.54) is 15.7 Å². The van der Waals surface area contributed by atoms with E-state index in [9.17, 15) is 19.5 Å². The Labute approximate surface area is 184 Å². The molecule has 1 aromatic heterocycles. The standard InChI is InChI=1S/C22H24ClN3O5/c1-22(2,3)31-21(30)26-7-6-17(23)18(26)12-4-5-14-15(8-12)19(27)24-9-13-10-25(20(28)29)11-16(13)14/h4-8,13,16H,9-11H2,1-3H3,(H,24,27)(H,28,29)/t13-,16-/m0/s1. The maximum atomic E-state index is 12.8.